The fraction of sp³-hybridized carbons (Fsp3) is 0.462. The lowest BCUT2D eigenvalue weighted by atomic mass is 10.4. The van der Waals surface area contributed by atoms with Crippen LogP contribution in [0.15, 0.2) is 23.2 Å². The molecule has 20 heavy (non-hydrogen) atoms. The van der Waals surface area contributed by atoms with Gasteiger partial charge in [-0.25, -0.2) is 0 Å². The van der Waals surface area contributed by atoms with Crippen molar-refractivity contribution in [1.82, 2.24) is 10.1 Å². The van der Waals surface area contributed by atoms with Crippen molar-refractivity contribution in [3.05, 3.63) is 24.4 Å². The van der Waals surface area contributed by atoms with Crippen molar-refractivity contribution in [2.24, 2.45) is 0 Å². The SMILES string of the molecule is C=CCN(CC(=O)Nc1cc(C)no1)CC(=O)OCC. The number of aromatic nitrogens is 1. The van der Waals surface area contributed by atoms with Gasteiger partial charge in [-0.3, -0.25) is 19.8 Å². The normalized spacial score (nSPS) is 10.3. The largest absolute Gasteiger partial charge is 0.465 e. The second-order valence-corrected chi connectivity index (χ2v) is 4.14. The minimum atomic E-state index is -0.377. The molecule has 0 aromatic carbocycles. The molecule has 1 aromatic heterocycles. The van der Waals surface area contributed by atoms with E-state index in [0.29, 0.717) is 18.8 Å². The zero-order valence-electron chi connectivity index (χ0n) is 11.7. The number of nitrogens with zero attached hydrogens (tertiary/aromatic N) is 2. The monoisotopic (exact) mass is 281 g/mol. The van der Waals surface area contributed by atoms with Crippen LogP contribution in [-0.2, 0) is 14.3 Å². The second kappa shape index (κ2) is 8.11. The molecule has 0 aliphatic carbocycles. The van der Waals surface area contributed by atoms with Crippen molar-refractivity contribution in [3.8, 4) is 0 Å². The Hall–Kier alpha value is -2.15. The van der Waals surface area contributed by atoms with Gasteiger partial charge in [0.15, 0.2) is 0 Å². The number of nitrogens with one attached hydrogen (secondary N) is 1. The molecule has 110 valence electrons. The summed E-state index contributed by atoms with van der Waals surface area (Å²) >= 11 is 0. The van der Waals surface area contributed by atoms with Crippen molar-refractivity contribution in [2.75, 3.05) is 31.6 Å². The molecule has 0 radical (unpaired) electrons. The first-order valence-corrected chi connectivity index (χ1v) is 6.27. The Balaban J connectivity index is 2.49. The number of anilines is 1. The Morgan fingerprint density at radius 3 is 2.85 bits per heavy atom. The Morgan fingerprint density at radius 2 is 2.30 bits per heavy atom. The van der Waals surface area contributed by atoms with E-state index in [0.717, 1.165) is 0 Å². The van der Waals surface area contributed by atoms with Gasteiger partial charge in [0, 0.05) is 12.6 Å². The highest BCUT2D eigenvalue weighted by molar-refractivity contribution is 5.91. The average Bonchev–Trinajstić information content (AvgIpc) is 2.75. The van der Waals surface area contributed by atoms with Gasteiger partial charge in [-0.2, -0.15) is 0 Å². The number of aryl methyl sites for hydroxylation is 1. The van der Waals surface area contributed by atoms with Crippen molar-refractivity contribution < 1.29 is 18.8 Å². The maximum absolute atomic E-state index is 11.8. The van der Waals surface area contributed by atoms with Crippen LogP contribution in [-0.4, -0.2) is 48.2 Å². The van der Waals surface area contributed by atoms with Crippen LogP contribution in [0.3, 0.4) is 0 Å². The Morgan fingerprint density at radius 1 is 1.55 bits per heavy atom. The summed E-state index contributed by atoms with van der Waals surface area (Å²) in [4.78, 5) is 24.8. The van der Waals surface area contributed by atoms with Gasteiger partial charge in [-0.05, 0) is 13.8 Å². The molecule has 7 heteroatoms. The van der Waals surface area contributed by atoms with Crippen LogP contribution < -0.4 is 5.32 Å². The van der Waals surface area contributed by atoms with E-state index in [1.54, 1.807) is 30.9 Å². The summed E-state index contributed by atoms with van der Waals surface area (Å²) in [5.74, 6) is -0.396. The molecule has 1 heterocycles. The molecule has 0 aliphatic heterocycles. The number of esters is 1. The van der Waals surface area contributed by atoms with E-state index in [9.17, 15) is 9.59 Å². The molecule has 1 amide bonds. The zero-order valence-corrected chi connectivity index (χ0v) is 11.7. The fourth-order valence-corrected chi connectivity index (χ4v) is 1.56. The van der Waals surface area contributed by atoms with E-state index in [4.69, 9.17) is 9.26 Å². The molecule has 1 N–H and O–H groups in total. The fourth-order valence-electron chi connectivity index (χ4n) is 1.56. The number of carbonyl (C=O) groups excluding carboxylic acids is 2. The lowest BCUT2D eigenvalue weighted by Gasteiger charge is -2.18. The minimum absolute atomic E-state index is 0.0305. The third kappa shape index (κ3) is 5.66. The molecule has 1 rings (SSSR count). The van der Waals surface area contributed by atoms with Crippen molar-refractivity contribution >= 4 is 17.8 Å². The molecule has 0 fully saturated rings. The number of ether oxygens (including phenoxy) is 1. The van der Waals surface area contributed by atoms with Gasteiger partial charge in [0.2, 0.25) is 11.8 Å². The summed E-state index contributed by atoms with van der Waals surface area (Å²) in [6.07, 6.45) is 1.62. The van der Waals surface area contributed by atoms with Gasteiger partial charge in [-0.15, -0.1) is 6.58 Å². The molecule has 1 aromatic rings. The number of amides is 1. The number of rotatable bonds is 8. The lowest BCUT2D eigenvalue weighted by molar-refractivity contribution is -0.144. The molecule has 0 atom stereocenters. The van der Waals surface area contributed by atoms with Gasteiger partial charge in [-0.1, -0.05) is 11.2 Å². The highest BCUT2D eigenvalue weighted by Crippen LogP contribution is 2.08. The first-order chi connectivity index (χ1) is 9.55. The standard InChI is InChI=1S/C13H19N3O4/c1-4-6-16(9-13(18)19-5-2)8-11(17)14-12-7-10(3)15-20-12/h4,7H,1,5-6,8-9H2,2-3H3,(H,14,17). The second-order valence-electron chi connectivity index (χ2n) is 4.14. The third-order valence-electron chi connectivity index (χ3n) is 2.30. The molecule has 0 saturated carbocycles. The molecule has 0 aliphatic rings. The highest BCUT2D eigenvalue weighted by atomic mass is 16.5. The van der Waals surface area contributed by atoms with E-state index in [-0.39, 0.29) is 30.9 Å². The van der Waals surface area contributed by atoms with Crippen molar-refractivity contribution in [2.45, 2.75) is 13.8 Å². The van der Waals surface area contributed by atoms with E-state index in [1.807, 2.05) is 0 Å². The minimum Gasteiger partial charge on any atom is -0.465 e. The van der Waals surface area contributed by atoms with Gasteiger partial charge in [0.05, 0.1) is 25.4 Å². The number of hydrogen-bond acceptors (Lipinski definition) is 6. The van der Waals surface area contributed by atoms with Crippen LogP contribution in [0.25, 0.3) is 0 Å². The molecule has 0 unspecified atom stereocenters. The maximum atomic E-state index is 11.8. The zero-order chi connectivity index (χ0) is 15.0. The Labute approximate surface area is 117 Å². The Kier molecular flexibility index (Phi) is 6.45. The smallest absolute Gasteiger partial charge is 0.320 e. The van der Waals surface area contributed by atoms with Gasteiger partial charge in [0.25, 0.3) is 0 Å². The number of hydrogen-bond donors (Lipinski definition) is 1. The Bertz CT molecular complexity index is 470. The third-order valence-corrected chi connectivity index (χ3v) is 2.30. The van der Waals surface area contributed by atoms with Gasteiger partial charge in [0.1, 0.15) is 0 Å². The number of carbonyl (C=O) groups is 2. The summed E-state index contributed by atoms with van der Waals surface area (Å²) in [6, 6.07) is 1.61. The molecule has 0 saturated heterocycles. The molecule has 0 spiro atoms. The van der Waals surface area contributed by atoms with Crippen LogP contribution in [0.5, 0.6) is 0 Å². The quantitative estimate of drug-likeness (QED) is 0.564. The van der Waals surface area contributed by atoms with Crippen LogP contribution in [0, 0.1) is 6.92 Å². The summed E-state index contributed by atoms with van der Waals surface area (Å²) < 4.78 is 9.73. The summed E-state index contributed by atoms with van der Waals surface area (Å²) in [7, 11) is 0. The van der Waals surface area contributed by atoms with Crippen LogP contribution in [0.2, 0.25) is 0 Å². The van der Waals surface area contributed by atoms with E-state index >= 15 is 0 Å². The molecule has 7 nitrogen and oxygen atoms in total. The topological polar surface area (TPSA) is 84.7 Å². The maximum Gasteiger partial charge on any atom is 0.320 e. The predicted octanol–water partition coefficient (Wildman–Crippen LogP) is 0.973. The van der Waals surface area contributed by atoms with Crippen molar-refractivity contribution in [1.29, 1.82) is 0 Å². The first kappa shape index (κ1) is 15.9. The van der Waals surface area contributed by atoms with Gasteiger partial charge >= 0.3 is 5.97 Å². The summed E-state index contributed by atoms with van der Waals surface area (Å²) in [5.41, 5.74) is 0.676. The summed E-state index contributed by atoms with van der Waals surface area (Å²) in [5, 5.41) is 6.22. The first-order valence-electron chi connectivity index (χ1n) is 6.27. The van der Waals surface area contributed by atoms with E-state index in [1.165, 1.54) is 0 Å². The van der Waals surface area contributed by atoms with Crippen molar-refractivity contribution in [3.63, 3.8) is 0 Å². The van der Waals surface area contributed by atoms with Crippen LogP contribution in [0.1, 0.15) is 12.6 Å². The van der Waals surface area contributed by atoms with Gasteiger partial charge < -0.3 is 9.26 Å². The van der Waals surface area contributed by atoms with Crippen LogP contribution in [0.4, 0.5) is 5.88 Å². The molecular formula is C13H19N3O4. The average molecular weight is 281 g/mol. The van der Waals surface area contributed by atoms with E-state index in [2.05, 4.69) is 17.1 Å². The van der Waals surface area contributed by atoms with E-state index < -0.39 is 0 Å². The highest BCUT2D eigenvalue weighted by Gasteiger charge is 2.15. The van der Waals surface area contributed by atoms with Crippen LogP contribution >= 0.6 is 0 Å². The summed E-state index contributed by atoms with van der Waals surface area (Å²) in [6.45, 7) is 7.86. The molecule has 0 bridgehead atoms. The lowest BCUT2D eigenvalue weighted by Crippen LogP contribution is -2.37. The molecular weight excluding hydrogens is 262 g/mol. The predicted molar refractivity (Wildman–Crippen MR) is 73.1 cm³/mol.